The van der Waals surface area contributed by atoms with Gasteiger partial charge in [-0.05, 0) is 31.0 Å². The summed E-state index contributed by atoms with van der Waals surface area (Å²) in [7, 11) is -3.42. The van der Waals surface area contributed by atoms with Crippen molar-refractivity contribution < 1.29 is 17.6 Å². The fourth-order valence-corrected chi connectivity index (χ4v) is 2.67. The maximum Gasteiger partial charge on any atom is 0.235 e. The van der Waals surface area contributed by atoms with Gasteiger partial charge < -0.3 is 5.32 Å². The van der Waals surface area contributed by atoms with Crippen LogP contribution in [0.3, 0.4) is 0 Å². The van der Waals surface area contributed by atoms with Gasteiger partial charge in [-0.2, -0.15) is 0 Å². The average Bonchev–Trinajstić information content (AvgIpc) is 2.37. The Kier molecular flexibility index (Phi) is 5.88. The predicted molar refractivity (Wildman–Crippen MR) is 76.5 cm³/mol. The first-order valence-electron chi connectivity index (χ1n) is 6.17. The molecule has 0 aliphatic carbocycles. The molecule has 0 fully saturated rings. The molecule has 0 unspecified atom stereocenters. The van der Waals surface area contributed by atoms with Crippen LogP contribution in [-0.4, -0.2) is 25.8 Å². The van der Waals surface area contributed by atoms with Gasteiger partial charge in [0, 0.05) is 6.54 Å². The Morgan fingerprint density at radius 2 is 2.10 bits per heavy atom. The van der Waals surface area contributed by atoms with Crippen molar-refractivity contribution in [3.8, 4) is 0 Å². The third-order valence-corrected chi connectivity index (χ3v) is 4.05. The lowest BCUT2D eigenvalue weighted by molar-refractivity contribution is -0.118. The Labute approximate surface area is 118 Å². The van der Waals surface area contributed by atoms with Gasteiger partial charge in [0.2, 0.25) is 5.91 Å². The molecule has 0 aliphatic rings. The van der Waals surface area contributed by atoms with E-state index in [1.807, 2.05) is 0 Å². The van der Waals surface area contributed by atoms with Gasteiger partial charge in [-0.3, -0.25) is 4.79 Å². The summed E-state index contributed by atoms with van der Waals surface area (Å²) >= 11 is 0. The van der Waals surface area contributed by atoms with Crippen molar-refractivity contribution in [2.75, 3.05) is 11.5 Å². The minimum atomic E-state index is -3.42. The number of benzene rings is 1. The standard InChI is InChI=1S/C14H18FNO3S/c1-3-4-7-20(18,19)10-14(17)16-9-12-5-6-13(15)11(2)8-12/h3-6,8H,7,9-10H2,1-2H3,(H,16,17). The van der Waals surface area contributed by atoms with E-state index in [1.165, 1.54) is 12.1 Å². The number of halogens is 1. The molecule has 6 heteroatoms. The number of nitrogens with one attached hydrogen (secondary N) is 1. The minimum absolute atomic E-state index is 0.146. The van der Waals surface area contributed by atoms with Crippen molar-refractivity contribution in [1.82, 2.24) is 5.32 Å². The highest BCUT2D eigenvalue weighted by Crippen LogP contribution is 2.08. The highest BCUT2D eigenvalue weighted by molar-refractivity contribution is 7.92. The Morgan fingerprint density at radius 3 is 2.70 bits per heavy atom. The van der Waals surface area contributed by atoms with Crippen LogP contribution in [0.1, 0.15) is 18.1 Å². The molecule has 20 heavy (non-hydrogen) atoms. The summed E-state index contributed by atoms with van der Waals surface area (Å²) in [5.74, 6) is -1.56. The molecular weight excluding hydrogens is 281 g/mol. The number of carbonyl (C=O) groups is 1. The van der Waals surface area contributed by atoms with E-state index in [2.05, 4.69) is 5.32 Å². The fourth-order valence-electron chi connectivity index (χ4n) is 1.57. The quantitative estimate of drug-likeness (QED) is 0.814. The maximum atomic E-state index is 13.1. The molecule has 0 heterocycles. The van der Waals surface area contributed by atoms with E-state index >= 15 is 0 Å². The molecule has 1 amide bonds. The summed E-state index contributed by atoms with van der Waals surface area (Å²) in [6.45, 7) is 3.52. The van der Waals surface area contributed by atoms with Gasteiger partial charge in [0.25, 0.3) is 0 Å². The van der Waals surface area contributed by atoms with Crippen molar-refractivity contribution in [3.05, 3.63) is 47.3 Å². The number of amides is 1. The normalized spacial score (nSPS) is 11.8. The Morgan fingerprint density at radius 1 is 1.40 bits per heavy atom. The highest BCUT2D eigenvalue weighted by Gasteiger charge is 2.14. The second-order valence-electron chi connectivity index (χ2n) is 4.48. The van der Waals surface area contributed by atoms with Crippen LogP contribution in [0.4, 0.5) is 4.39 Å². The number of allylic oxidation sites excluding steroid dienone is 1. The third-order valence-electron chi connectivity index (χ3n) is 2.65. The molecule has 0 spiro atoms. The summed E-state index contributed by atoms with van der Waals surface area (Å²) < 4.78 is 36.2. The van der Waals surface area contributed by atoms with Crippen molar-refractivity contribution in [2.45, 2.75) is 20.4 Å². The molecule has 0 aliphatic heterocycles. The van der Waals surface area contributed by atoms with Crippen LogP contribution < -0.4 is 5.32 Å². The zero-order valence-electron chi connectivity index (χ0n) is 11.5. The number of aryl methyl sites for hydroxylation is 1. The van der Waals surface area contributed by atoms with E-state index in [1.54, 1.807) is 32.1 Å². The molecule has 0 saturated carbocycles. The fraction of sp³-hybridized carbons (Fsp3) is 0.357. The largest absolute Gasteiger partial charge is 0.351 e. The number of carbonyl (C=O) groups excluding carboxylic acids is 1. The molecule has 1 N–H and O–H groups in total. The minimum Gasteiger partial charge on any atom is -0.351 e. The van der Waals surface area contributed by atoms with E-state index < -0.39 is 21.5 Å². The highest BCUT2D eigenvalue weighted by atomic mass is 32.2. The Balaban J connectivity index is 2.53. The smallest absolute Gasteiger partial charge is 0.235 e. The Hall–Kier alpha value is -1.69. The lowest BCUT2D eigenvalue weighted by Gasteiger charge is -2.06. The summed E-state index contributed by atoms with van der Waals surface area (Å²) in [4.78, 5) is 11.6. The lowest BCUT2D eigenvalue weighted by Crippen LogP contribution is -2.30. The average molecular weight is 299 g/mol. The molecule has 1 rings (SSSR count). The van der Waals surface area contributed by atoms with E-state index in [0.717, 1.165) is 5.56 Å². The van der Waals surface area contributed by atoms with Crippen molar-refractivity contribution in [1.29, 1.82) is 0 Å². The topological polar surface area (TPSA) is 63.2 Å². The van der Waals surface area contributed by atoms with Crippen molar-refractivity contribution in [2.24, 2.45) is 0 Å². The van der Waals surface area contributed by atoms with Crippen LogP contribution in [0.2, 0.25) is 0 Å². The molecule has 1 aromatic carbocycles. The van der Waals surface area contributed by atoms with Gasteiger partial charge >= 0.3 is 0 Å². The number of hydrogen-bond acceptors (Lipinski definition) is 3. The first-order chi connectivity index (χ1) is 9.34. The maximum absolute atomic E-state index is 13.1. The van der Waals surface area contributed by atoms with Gasteiger partial charge in [0.1, 0.15) is 11.6 Å². The van der Waals surface area contributed by atoms with Crippen LogP contribution in [0.15, 0.2) is 30.4 Å². The van der Waals surface area contributed by atoms with Gasteiger partial charge in [0.15, 0.2) is 9.84 Å². The molecule has 0 radical (unpaired) electrons. The van der Waals surface area contributed by atoms with Crippen LogP contribution >= 0.6 is 0 Å². The third kappa shape index (κ3) is 5.52. The first-order valence-corrected chi connectivity index (χ1v) is 7.99. The van der Waals surface area contributed by atoms with E-state index in [0.29, 0.717) is 5.56 Å². The molecule has 0 aromatic heterocycles. The van der Waals surface area contributed by atoms with Gasteiger partial charge in [-0.1, -0.05) is 24.3 Å². The summed E-state index contributed by atoms with van der Waals surface area (Å²) in [6.07, 6.45) is 3.11. The monoisotopic (exact) mass is 299 g/mol. The zero-order valence-corrected chi connectivity index (χ0v) is 12.3. The number of rotatable bonds is 6. The second-order valence-corrected chi connectivity index (χ2v) is 6.59. The molecule has 0 saturated heterocycles. The number of sulfone groups is 1. The van der Waals surface area contributed by atoms with Gasteiger partial charge in [-0.15, -0.1) is 0 Å². The SMILES string of the molecule is CC=CCS(=O)(=O)CC(=O)NCc1ccc(F)c(C)c1. The first kappa shape index (κ1) is 16.4. The molecule has 0 bridgehead atoms. The molecule has 4 nitrogen and oxygen atoms in total. The second kappa shape index (κ2) is 7.19. The summed E-state index contributed by atoms with van der Waals surface area (Å²) in [5, 5.41) is 2.51. The molecule has 1 aromatic rings. The van der Waals surface area contributed by atoms with Gasteiger partial charge in [0.05, 0.1) is 5.75 Å². The van der Waals surface area contributed by atoms with Crippen LogP contribution in [0, 0.1) is 12.7 Å². The summed E-state index contributed by atoms with van der Waals surface area (Å²) in [5.41, 5.74) is 1.21. The summed E-state index contributed by atoms with van der Waals surface area (Å²) in [6, 6.07) is 4.49. The van der Waals surface area contributed by atoms with E-state index in [4.69, 9.17) is 0 Å². The van der Waals surface area contributed by atoms with E-state index in [-0.39, 0.29) is 18.1 Å². The van der Waals surface area contributed by atoms with Crippen LogP contribution in [0.25, 0.3) is 0 Å². The van der Waals surface area contributed by atoms with E-state index in [9.17, 15) is 17.6 Å². The molecule has 110 valence electrons. The van der Waals surface area contributed by atoms with Crippen LogP contribution in [-0.2, 0) is 21.2 Å². The molecular formula is C14H18FNO3S. The lowest BCUT2D eigenvalue weighted by atomic mass is 10.1. The van der Waals surface area contributed by atoms with Crippen LogP contribution in [0.5, 0.6) is 0 Å². The number of hydrogen-bond donors (Lipinski definition) is 1. The Bertz CT molecular complexity index is 609. The molecule has 0 atom stereocenters. The zero-order chi connectivity index (χ0) is 15.2. The van der Waals surface area contributed by atoms with Gasteiger partial charge in [-0.25, -0.2) is 12.8 Å². The van der Waals surface area contributed by atoms with Crippen molar-refractivity contribution in [3.63, 3.8) is 0 Å². The van der Waals surface area contributed by atoms with Crippen molar-refractivity contribution >= 4 is 15.7 Å². The predicted octanol–water partition coefficient (Wildman–Crippen LogP) is 1.74.